The lowest BCUT2D eigenvalue weighted by atomic mass is 10.2. The molecule has 1 aromatic rings. The lowest BCUT2D eigenvalue weighted by molar-refractivity contribution is 0.676. The predicted molar refractivity (Wildman–Crippen MR) is 63.3 cm³/mol. The average molecular weight is 272 g/mol. The topological polar surface area (TPSA) is 17.1 Å². The van der Waals surface area contributed by atoms with Gasteiger partial charge in [0.25, 0.3) is 3.12 Å². The minimum Gasteiger partial charge on any atom is -0.255 e. The summed E-state index contributed by atoms with van der Waals surface area (Å²) in [6.45, 7) is 1.77. The summed E-state index contributed by atoms with van der Waals surface area (Å²) in [5, 5.41) is -0.288. The fraction of sp³-hybridized carbons (Fsp3) is 0.333. The number of alkyl halides is 3. The molecule has 0 amide bonds. The monoisotopic (exact) mass is 270 g/mol. The Labute approximate surface area is 101 Å². The van der Waals surface area contributed by atoms with Crippen LogP contribution >= 0.6 is 34.8 Å². The zero-order valence-electron chi connectivity index (χ0n) is 7.41. The third-order valence-corrected chi connectivity index (χ3v) is 4.56. The van der Waals surface area contributed by atoms with E-state index in [1.165, 1.54) is 0 Å². The van der Waals surface area contributed by atoms with Gasteiger partial charge in [-0.3, -0.25) is 4.21 Å². The molecule has 1 aromatic carbocycles. The molecule has 5 heteroatoms. The summed E-state index contributed by atoms with van der Waals surface area (Å²) < 4.78 is 9.95. The van der Waals surface area contributed by atoms with Crippen LogP contribution in [0.25, 0.3) is 0 Å². The Hall–Kier alpha value is 0.240. The van der Waals surface area contributed by atoms with Crippen LogP contribution in [-0.4, -0.2) is 7.33 Å². The van der Waals surface area contributed by atoms with E-state index in [0.717, 1.165) is 5.56 Å². The number of benzene rings is 1. The highest BCUT2D eigenvalue weighted by Crippen LogP contribution is 2.37. The van der Waals surface area contributed by atoms with Crippen LogP contribution in [0, 0.1) is 0 Å². The zero-order valence-corrected chi connectivity index (χ0v) is 10.5. The smallest absolute Gasteiger partial charge is 0.255 e. The summed E-state index contributed by atoms with van der Waals surface area (Å²) in [6, 6.07) is 9.33. The second kappa shape index (κ2) is 4.84. The fourth-order valence-electron chi connectivity index (χ4n) is 1.05. The molecule has 1 rings (SSSR count). The highest BCUT2D eigenvalue weighted by Gasteiger charge is 2.33. The third kappa shape index (κ3) is 3.13. The molecule has 0 saturated heterocycles. The Balaban J connectivity index is 2.87. The van der Waals surface area contributed by atoms with Crippen molar-refractivity contribution in [3.63, 3.8) is 0 Å². The van der Waals surface area contributed by atoms with Crippen molar-refractivity contribution in [3.05, 3.63) is 35.9 Å². The van der Waals surface area contributed by atoms with E-state index in [-0.39, 0.29) is 5.25 Å². The van der Waals surface area contributed by atoms with E-state index in [2.05, 4.69) is 0 Å². The quantitative estimate of drug-likeness (QED) is 0.747. The van der Waals surface area contributed by atoms with E-state index >= 15 is 0 Å². The first-order chi connectivity index (χ1) is 6.43. The number of hydrogen-bond donors (Lipinski definition) is 0. The molecule has 2 atom stereocenters. The van der Waals surface area contributed by atoms with Crippen molar-refractivity contribution in [2.45, 2.75) is 15.3 Å². The van der Waals surface area contributed by atoms with Gasteiger partial charge in [0, 0.05) is 0 Å². The molecule has 78 valence electrons. The zero-order chi connectivity index (χ0) is 10.8. The Bertz CT molecular complexity index is 321. The van der Waals surface area contributed by atoms with E-state index in [1.807, 2.05) is 30.3 Å². The van der Waals surface area contributed by atoms with Gasteiger partial charge >= 0.3 is 0 Å². The van der Waals surface area contributed by atoms with Gasteiger partial charge in [-0.2, -0.15) is 0 Å². The van der Waals surface area contributed by atoms with Gasteiger partial charge in [-0.05, 0) is 12.5 Å². The van der Waals surface area contributed by atoms with Gasteiger partial charge in [0.05, 0.1) is 16.0 Å². The third-order valence-electron chi connectivity index (χ3n) is 1.82. The van der Waals surface area contributed by atoms with Crippen molar-refractivity contribution >= 4 is 45.6 Å². The minimum absolute atomic E-state index is 0.288. The normalized spacial score (nSPS) is 16.3. The summed E-state index contributed by atoms with van der Waals surface area (Å²) in [4.78, 5) is 0. The number of halogens is 3. The van der Waals surface area contributed by atoms with Crippen LogP contribution in [0.3, 0.4) is 0 Å². The van der Waals surface area contributed by atoms with Crippen molar-refractivity contribution < 1.29 is 4.21 Å². The van der Waals surface area contributed by atoms with E-state index in [0.29, 0.717) is 0 Å². The van der Waals surface area contributed by atoms with Gasteiger partial charge in [0.2, 0.25) is 0 Å². The summed E-state index contributed by atoms with van der Waals surface area (Å²) in [5.74, 6) is 0. The molecule has 0 N–H and O–H groups in total. The van der Waals surface area contributed by atoms with E-state index in [1.54, 1.807) is 6.92 Å². The maximum absolute atomic E-state index is 11.7. The lowest BCUT2D eigenvalue weighted by Crippen LogP contribution is -2.17. The van der Waals surface area contributed by atoms with Crippen LogP contribution < -0.4 is 0 Å². The molecule has 0 radical (unpaired) electrons. The van der Waals surface area contributed by atoms with E-state index in [9.17, 15) is 4.21 Å². The fourth-order valence-corrected chi connectivity index (χ4v) is 3.06. The molecule has 0 aliphatic carbocycles. The summed E-state index contributed by atoms with van der Waals surface area (Å²) in [7, 11) is -1.54. The minimum atomic E-state index is -1.73. The Kier molecular flexibility index (Phi) is 4.26. The molecule has 0 aliphatic heterocycles. The van der Waals surface area contributed by atoms with Crippen molar-refractivity contribution in [3.8, 4) is 0 Å². The maximum Gasteiger partial charge on any atom is 0.266 e. The standard InChI is InChI=1S/C9H9Cl3OS/c1-7(14(13)9(10,11)12)8-5-3-2-4-6-8/h2-7H,1H3. The van der Waals surface area contributed by atoms with Crippen LogP contribution in [0.1, 0.15) is 17.7 Å². The highest BCUT2D eigenvalue weighted by molar-refractivity contribution is 7.91. The van der Waals surface area contributed by atoms with Gasteiger partial charge in [-0.25, -0.2) is 0 Å². The number of rotatable bonds is 2. The molecular formula is C9H9Cl3OS. The van der Waals surface area contributed by atoms with Gasteiger partial charge < -0.3 is 0 Å². The van der Waals surface area contributed by atoms with Crippen LogP contribution in [0.15, 0.2) is 30.3 Å². The van der Waals surface area contributed by atoms with Crippen LogP contribution in [0.4, 0.5) is 0 Å². The molecule has 2 unspecified atom stereocenters. The highest BCUT2D eigenvalue weighted by atomic mass is 35.6. The summed E-state index contributed by atoms with van der Waals surface area (Å²) in [6.07, 6.45) is 0. The Morgan fingerprint density at radius 3 is 2.14 bits per heavy atom. The van der Waals surface area contributed by atoms with Crippen molar-refractivity contribution in [1.82, 2.24) is 0 Å². The van der Waals surface area contributed by atoms with E-state index in [4.69, 9.17) is 34.8 Å². The van der Waals surface area contributed by atoms with Gasteiger partial charge in [0.15, 0.2) is 0 Å². The first-order valence-electron chi connectivity index (χ1n) is 3.95. The maximum atomic E-state index is 11.7. The molecule has 0 aromatic heterocycles. The molecule has 0 aliphatic rings. The van der Waals surface area contributed by atoms with Crippen molar-refractivity contribution in [2.24, 2.45) is 0 Å². The largest absolute Gasteiger partial charge is 0.266 e. The molecule has 0 spiro atoms. The molecule has 0 bridgehead atoms. The van der Waals surface area contributed by atoms with Crippen LogP contribution in [0.5, 0.6) is 0 Å². The lowest BCUT2D eigenvalue weighted by Gasteiger charge is -2.17. The average Bonchev–Trinajstić information content (AvgIpc) is 2.15. The van der Waals surface area contributed by atoms with E-state index < -0.39 is 13.9 Å². The Morgan fingerprint density at radius 1 is 1.21 bits per heavy atom. The second-order valence-electron chi connectivity index (χ2n) is 2.80. The summed E-state index contributed by atoms with van der Waals surface area (Å²) in [5.41, 5.74) is 0.900. The Morgan fingerprint density at radius 2 is 1.71 bits per heavy atom. The summed E-state index contributed by atoms with van der Waals surface area (Å²) >= 11 is 16.7. The van der Waals surface area contributed by atoms with Crippen LogP contribution in [-0.2, 0) is 10.8 Å². The molecule has 0 fully saturated rings. The number of hydrogen-bond acceptors (Lipinski definition) is 1. The van der Waals surface area contributed by atoms with Crippen molar-refractivity contribution in [2.75, 3.05) is 0 Å². The molecule has 0 heterocycles. The van der Waals surface area contributed by atoms with Gasteiger partial charge in [0.1, 0.15) is 0 Å². The first-order valence-corrected chi connectivity index (χ1v) is 6.30. The van der Waals surface area contributed by atoms with Gasteiger partial charge in [-0.15, -0.1) is 0 Å². The molecule has 1 nitrogen and oxygen atoms in total. The predicted octanol–water partition coefficient (Wildman–Crippen LogP) is 3.82. The SMILES string of the molecule is CC(c1ccccc1)S(=O)C(Cl)(Cl)Cl. The van der Waals surface area contributed by atoms with Crippen LogP contribution in [0.2, 0.25) is 0 Å². The van der Waals surface area contributed by atoms with Gasteiger partial charge in [-0.1, -0.05) is 65.1 Å². The molecular weight excluding hydrogens is 263 g/mol. The molecule has 0 saturated carbocycles. The first kappa shape index (κ1) is 12.3. The molecule has 14 heavy (non-hydrogen) atoms. The second-order valence-corrected chi connectivity index (χ2v) is 7.66. The van der Waals surface area contributed by atoms with Crippen molar-refractivity contribution in [1.29, 1.82) is 0 Å².